The van der Waals surface area contributed by atoms with Gasteiger partial charge in [-0.2, -0.15) is 0 Å². The second-order valence-electron chi connectivity index (χ2n) is 4.83. The van der Waals surface area contributed by atoms with E-state index in [0.29, 0.717) is 11.5 Å². The van der Waals surface area contributed by atoms with E-state index in [-0.39, 0.29) is 5.83 Å². The first-order valence-corrected chi connectivity index (χ1v) is 6.22. The highest BCUT2D eigenvalue weighted by Gasteiger charge is 2.06. The molecule has 0 radical (unpaired) electrons. The van der Waals surface area contributed by atoms with E-state index in [1.807, 2.05) is 43.3 Å². The minimum atomic E-state index is -0.169. The van der Waals surface area contributed by atoms with E-state index in [1.165, 1.54) is 6.92 Å². The van der Waals surface area contributed by atoms with Crippen LogP contribution in [0.15, 0.2) is 54.4 Å². The van der Waals surface area contributed by atoms with Gasteiger partial charge in [-0.05, 0) is 30.9 Å². The number of hydrogen-bond acceptors (Lipinski definition) is 0. The molecule has 18 heavy (non-hydrogen) atoms. The smallest absolute Gasteiger partial charge is 0.105 e. The van der Waals surface area contributed by atoms with Gasteiger partial charge in [0.15, 0.2) is 0 Å². The van der Waals surface area contributed by atoms with Gasteiger partial charge in [0.05, 0.1) is 0 Å². The lowest BCUT2D eigenvalue weighted by molar-refractivity contribution is 0.644. The Balaban J connectivity index is 3.12. The van der Waals surface area contributed by atoms with Gasteiger partial charge >= 0.3 is 0 Å². The van der Waals surface area contributed by atoms with E-state index in [0.717, 1.165) is 16.7 Å². The van der Waals surface area contributed by atoms with Crippen LogP contribution in [0.2, 0.25) is 0 Å². The first-order chi connectivity index (χ1) is 8.43. The summed E-state index contributed by atoms with van der Waals surface area (Å²) in [7, 11) is 0. The molecule has 1 heteroatoms. The highest BCUT2D eigenvalue weighted by atomic mass is 19.1. The topological polar surface area (TPSA) is 0 Å². The maximum atomic E-state index is 13.7. The van der Waals surface area contributed by atoms with Crippen LogP contribution in [0.4, 0.5) is 4.39 Å². The van der Waals surface area contributed by atoms with Crippen molar-refractivity contribution in [1.82, 2.24) is 0 Å². The Labute approximate surface area is 110 Å². The molecule has 0 aliphatic carbocycles. The van der Waals surface area contributed by atoms with Gasteiger partial charge in [0.1, 0.15) is 5.83 Å². The quantitative estimate of drug-likeness (QED) is 0.616. The molecular formula is C17H21F. The van der Waals surface area contributed by atoms with Crippen LogP contribution in [0.1, 0.15) is 31.9 Å². The predicted octanol–water partition coefficient (Wildman–Crippen LogP) is 5.46. The van der Waals surface area contributed by atoms with Gasteiger partial charge in [-0.3, -0.25) is 0 Å². The fourth-order valence-corrected chi connectivity index (χ4v) is 1.65. The summed E-state index contributed by atoms with van der Waals surface area (Å²) in [6, 6.07) is 7.82. The van der Waals surface area contributed by atoms with Crippen LogP contribution in [0, 0.1) is 12.8 Å². The van der Waals surface area contributed by atoms with E-state index in [2.05, 4.69) is 20.4 Å². The van der Waals surface area contributed by atoms with Crippen molar-refractivity contribution in [1.29, 1.82) is 0 Å². The molecule has 0 nitrogen and oxygen atoms in total. The van der Waals surface area contributed by atoms with Crippen LogP contribution < -0.4 is 0 Å². The Hall–Kier alpha value is -1.63. The molecule has 0 aromatic heterocycles. The van der Waals surface area contributed by atoms with Crippen molar-refractivity contribution in [2.24, 2.45) is 5.92 Å². The average Bonchev–Trinajstić information content (AvgIpc) is 2.30. The molecule has 1 rings (SSSR count). The molecule has 0 fully saturated rings. The predicted molar refractivity (Wildman–Crippen MR) is 78.0 cm³/mol. The van der Waals surface area contributed by atoms with Gasteiger partial charge in [0, 0.05) is 5.57 Å². The monoisotopic (exact) mass is 244 g/mol. The SMILES string of the molecule is C=C(/C=C\C(=C(/C)F)c1ccccc1C)C(C)C. The molecule has 0 aliphatic rings. The lowest BCUT2D eigenvalue weighted by Crippen LogP contribution is -1.90. The number of allylic oxidation sites excluding steroid dienone is 5. The molecule has 0 saturated heterocycles. The van der Waals surface area contributed by atoms with Crippen LogP contribution in [0.25, 0.3) is 5.57 Å². The molecule has 0 saturated carbocycles. The average molecular weight is 244 g/mol. The Morgan fingerprint density at radius 3 is 2.33 bits per heavy atom. The molecule has 96 valence electrons. The van der Waals surface area contributed by atoms with E-state index < -0.39 is 0 Å². The van der Waals surface area contributed by atoms with E-state index in [1.54, 1.807) is 0 Å². The van der Waals surface area contributed by atoms with Crippen molar-refractivity contribution in [3.8, 4) is 0 Å². The van der Waals surface area contributed by atoms with Gasteiger partial charge in [-0.1, -0.05) is 62.4 Å². The zero-order valence-corrected chi connectivity index (χ0v) is 11.6. The summed E-state index contributed by atoms with van der Waals surface area (Å²) < 4.78 is 13.7. The van der Waals surface area contributed by atoms with Gasteiger partial charge < -0.3 is 0 Å². The molecule has 1 aromatic carbocycles. The molecule has 0 spiro atoms. The van der Waals surface area contributed by atoms with Gasteiger partial charge in [-0.15, -0.1) is 0 Å². The van der Waals surface area contributed by atoms with Crippen LogP contribution in [0.5, 0.6) is 0 Å². The maximum absolute atomic E-state index is 13.7. The fourth-order valence-electron chi connectivity index (χ4n) is 1.65. The number of aryl methyl sites for hydroxylation is 1. The molecule has 0 unspecified atom stereocenters. The van der Waals surface area contributed by atoms with E-state index >= 15 is 0 Å². The van der Waals surface area contributed by atoms with Crippen molar-refractivity contribution in [3.63, 3.8) is 0 Å². The van der Waals surface area contributed by atoms with Crippen molar-refractivity contribution in [3.05, 3.63) is 65.5 Å². The standard InChI is InChI=1S/C17H21F/c1-12(2)13(3)10-11-17(15(5)18)16-9-7-6-8-14(16)4/h6-12H,3H2,1-2,4-5H3/b11-10-,17-15-. The number of rotatable bonds is 4. The molecule has 0 bridgehead atoms. The summed E-state index contributed by atoms with van der Waals surface area (Å²) in [5.74, 6) is 0.205. The summed E-state index contributed by atoms with van der Waals surface area (Å²) in [5.41, 5.74) is 3.65. The largest absolute Gasteiger partial charge is 0.211 e. The summed E-state index contributed by atoms with van der Waals surface area (Å²) in [5, 5.41) is 0. The molecule has 0 amide bonds. The molecular weight excluding hydrogens is 223 g/mol. The van der Waals surface area contributed by atoms with Crippen LogP contribution in [-0.4, -0.2) is 0 Å². The highest BCUT2D eigenvalue weighted by molar-refractivity contribution is 5.77. The Morgan fingerprint density at radius 2 is 1.83 bits per heavy atom. The first-order valence-electron chi connectivity index (χ1n) is 6.22. The van der Waals surface area contributed by atoms with Crippen molar-refractivity contribution < 1.29 is 4.39 Å². The van der Waals surface area contributed by atoms with Crippen LogP contribution in [-0.2, 0) is 0 Å². The first kappa shape index (κ1) is 14.4. The third-order valence-electron chi connectivity index (χ3n) is 3.01. The van der Waals surface area contributed by atoms with Crippen LogP contribution >= 0.6 is 0 Å². The fraction of sp³-hybridized carbons (Fsp3) is 0.294. The van der Waals surface area contributed by atoms with Crippen molar-refractivity contribution in [2.45, 2.75) is 27.7 Å². The van der Waals surface area contributed by atoms with E-state index in [4.69, 9.17) is 0 Å². The summed E-state index contributed by atoms with van der Waals surface area (Å²) in [6.45, 7) is 11.6. The lowest BCUT2D eigenvalue weighted by Gasteiger charge is -2.08. The molecule has 0 aliphatic heterocycles. The van der Waals surface area contributed by atoms with Gasteiger partial charge in [-0.25, -0.2) is 4.39 Å². The number of hydrogen-bond donors (Lipinski definition) is 0. The Morgan fingerprint density at radius 1 is 1.22 bits per heavy atom. The second-order valence-corrected chi connectivity index (χ2v) is 4.83. The molecule has 0 atom stereocenters. The highest BCUT2D eigenvalue weighted by Crippen LogP contribution is 2.25. The van der Waals surface area contributed by atoms with E-state index in [9.17, 15) is 4.39 Å². The minimum Gasteiger partial charge on any atom is -0.211 e. The van der Waals surface area contributed by atoms with Crippen molar-refractivity contribution in [2.75, 3.05) is 0 Å². The van der Waals surface area contributed by atoms with Crippen molar-refractivity contribution >= 4 is 5.57 Å². The zero-order valence-electron chi connectivity index (χ0n) is 11.6. The number of halogens is 1. The minimum absolute atomic E-state index is 0.169. The Bertz CT molecular complexity index is 486. The summed E-state index contributed by atoms with van der Waals surface area (Å²) >= 11 is 0. The molecule has 1 aromatic rings. The normalized spacial score (nSPS) is 13.0. The van der Waals surface area contributed by atoms with Gasteiger partial charge in [0.2, 0.25) is 0 Å². The third-order valence-corrected chi connectivity index (χ3v) is 3.01. The Kier molecular flexibility index (Phi) is 5.08. The van der Waals surface area contributed by atoms with Gasteiger partial charge in [0.25, 0.3) is 0 Å². The molecule has 0 heterocycles. The maximum Gasteiger partial charge on any atom is 0.105 e. The molecule has 0 N–H and O–H groups in total. The second kappa shape index (κ2) is 6.34. The third kappa shape index (κ3) is 3.69. The zero-order chi connectivity index (χ0) is 13.7. The number of benzene rings is 1. The van der Waals surface area contributed by atoms with Crippen LogP contribution in [0.3, 0.4) is 0 Å². The lowest BCUT2D eigenvalue weighted by atomic mass is 9.97. The summed E-state index contributed by atoms with van der Waals surface area (Å²) in [4.78, 5) is 0. The summed E-state index contributed by atoms with van der Waals surface area (Å²) in [6.07, 6.45) is 3.72.